The van der Waals surface area contributed by atoms with Crippen LogP contribution in [-0.4, -0.2) is 31.1 Å². The fraction of sp³-hybridized carbons (Fsp3) is 0.500. The Kier molecular flexibility index (Phi) is 9.88. The second-order valence-corrected chi connectivity index (χ2v) is 5.19. The van der Waals surface area contributed by atoms with Gasteiger partial charge in [-0.3, -0.25) is 4.90 Å². The summed E-state index contributed by atoms with van der Waals surface area (Å²) in [5, 5.41) is 3.35. The summed E-state index contributed by atoms with van der Waals surface area (Å²) in [5.74, 6) is -0.0850. The van der Waals surface area contributed by atoms with Crippen molar-refractivity contribution >= 4 is 24.8 Å². The van der Waals surface area contributed by atoms with Crippen molar-refractivity contribution in [2.24, 2.45) is 0 Å². The quantitative estimate of drug-likeness (QED) is 0.822. The third-order valence-electron chi connectivity index (χ3n) is 3.75. The number of nitrogens with one attached hydrogen (secondary N) is 1. The fourth-order valence-corrected chi connectivity index (χ4v) is 2.72. The molecule has 0 bridgehead atoms. The Balaban J connectivity index is 0.00000200. The molecule has 1 aromatic rings. The number of rotatable bonds is 5. The van der Waals surface area contributed by atoms with Crippen molar-refractivity contribution in [3.05, 3.63) is 47.8 Å². The third kappa shape index (κ3) is 5.59. The second-order valence-electron chi connectivity index (χ2n) is 5.19. The SMILES string of the molecule is C=CCC[C@H](c1cc(C)ccc1F)N1CCNCC1.Cl.Cl. The van der Waals surface area contributed by atoms with Gasteiger partial charge in [-0.05, 0) is 25.8 Å². The van der Waals surface area contributed by atoms with Crippen molar-refractivity contribution in [1.29, 1.82) is 0 Å². The topological polar surface area (TPSA) is 15.3 Å². The number of nitrogens with zero attached hydrogens (tertiary/aromatic N) is 1. The minimum atomic E-state index is -0.0850. The summed E-state index contributed by atoms with van der Waals surface area (Å²) < 4.78 is 14.1. The number of allylic oxidation sites excluding steroid dienone is 1. The molecule has 1 saturated heterocycles. The molecule has 0 aliphatic carbocycles. The first kappa shape index (κ1) is 20.4. The fourth-order valence-electron chi connectivity index (χ4n) is 2.72. The number of aryl methyl sites for hydroxylation is 1. The number of benzene rings is 1. The van der Waals surface area contributed by atoms with E-state index in [4.69, 9.17) is 0 Å². The van der Waals surface area contributed by atoms with Crippen LogP contribution in [0.25, 0.3) is 0 Å². The summed E-state index contributed by atoms with van der Waals surface area (Å²) in [6, 6.07) is 5.58. The Labute approximate surface area is 139 Å². The Hall–Kier alpha value is -0.610. The molecule has 2 nitrogen and oxygen atoms in total. The van der Waals surface area contributed by atoms with Gasteiger partial charge in [-0.25, -0.2) is 4.39 Å². The van der Waals surface area contributed by atoms with Crippen LogP contribution in [0.5, 0.6) is 0 Å². The van der Waals surface area contributed by atoms with Gasteiger partial charge in [-0.1, -0.05) is 23.8 Å². The zero-order valence-corrected chi connectivity index (χ0v) is 14.1. The molecular weight excluding hydrogens is 310 g/mol. The van der Waals surface area contributed by atoms with Crippen molar-refractivity contribution in [2.75, 3.05) is 26.2 Å². The molecule has 21 heavy (non-hydrogen) atoms. The largest absolute Gasteiger partial charge is 0.314 e. The molecule has 1 atom stereocenters. The highest BCUT2D eigenvalue weighted by Crippen LogP contribution is 2.29. The van der Waals surface area contributed by atoms with Crippen LogP contribution in [0.3, 0.4) is 0 Å². The van der Waals surface area contributed by atoms with Gasteiger partial charge in [0, 0.05) is 37.8 Å². The van der Waals surface area contributed by atoms with Crippen molar-refractivity contribution < 1.29 is 4.39 Å². The first-order valence-electron chi connectivity index (χ1n) is 7.04. The summed E-state index contributed by atoms with van der Waals surface area (Å²) in [6.45, 7) is 9.74. The Morgan fingerprint density at radius 2 is 2.00 bits per heavy atom. The standard InChI is InChI=1S/C16H23FN2.2ClH/c1-3-4-5-16(19-10-8-18-9-11-19)14-12-13(2)6-7-15(14)17;;/h3,6-7,12,16,18H,1,4-5,8-11H2,2H3;2*1H/t16-;;/m1../s1. The van der Waals surface area contributed by atoms with E-state index in [2.05, 4.69) is 16.8 Å². The van der Waals surface area contributed by atoms with Gasteiger partial charge in [0.2, 0.25) is 0 Å². The number of hydrogen-bond donors (Lipinski definition) is 1. The molecule has 1 aliphatic heterocycles. The molecule has 0 spiro atoms. The molecule has 1 fully saturated rings. The molecule has 1 aliphatic rings. The number of hydrogen-bond acceptors (Lipinski definition) is 2. The van der Waals surface area contributed by atoms with Crippen molar-refractivity contribution in [1.82, 2.24) is 10.2 Å². The Morgan fingerprint density at radius 3 is 2.62 bits per heavy atom. The highest BCUT2D eigenvalue weighted by molar-refractivity contribution is 5.85. The van der Waals surface area contributed by atoms with Crippen LogP contribution >= 0.6 is 24.8 Å². The summed E-state index contributed by atoms with van der Waals surface area (Å²) >= 11 is 0. The summed E-state index contributed by atoms with van der Waals surface area (Å²) in [7, 11) is 0. The first-order valence-corrected chi connectivity index (χ1v) is 7.04. The zero-order valence-electron chi connectivity index (χ0n) is 12.5. The second kappa shape index (κ2) is 10.2. The lowest BCUT2D eigenvalue weighted by Crippen LogP contribution is -2.45. The maximum atomic E-state index is 14.1. The van der Waals surface area contributed by atoms with E-state index in [-0.39, 0.29) is 36.7 Å². The average Bonchev–Trinajstić information content (AvgIpc) is 2.44. The third-order valence-corrected chi connectivity index (χ3v) is 3.75. The van der Waals surface area contributed by atoms with Gasteiger partial charge in [0.05, 0.1) is 0 Å². The molecule has 0 amide bonds. The van der Waals surface area contributed by atoms with E-state index < -0.39 is 0 Å². The van der Waals surface area contributed by atoms with E-state index in [1.54, 1.807) is 6.07 Å². The highest BCUT2D eigenvalue weighted by Gasteiger charge is 2.23. The van der Waals surface area contributed by atoms with E-state index in [9.17, 15) is 4.39 Å². The molecule has 5 heteroatoms. The number of halogens is 3. The summed E-state index contributed by atoms with van der Waals surface area (Å²) in [4.78, 5) is 2.39. The van der Waals surface area contributed by atoms with E-state index in [0.717, 1.165) is 50.1 Å². The molecule has 0 unspecified atom stereocenters. The van der Waals surface area contributed by atoms with Crippen LogP contribution < -0.4 is 5.32 Å². The van der Waals surface area contributed by atoms with E-state index in [0.29, 0.717) is 0 Å². The van der Waals surface area contributed by atoms with Crippen molar-refractivity contribution in [2.45, 2.75) is 25.8 Å². The van der Waals surface area contributed by atoms with Crippen LogP contribution in [-0.2, 0) is 0 Å². The molecule has 2 rings (SSSR count). The molecule has 0 radical (unpaired) electrons. The number of piperazine rings is 1. The van der Waals surface area contributed by atoms with Crippen LogP contribution in [0.2, 0.25) is 0 Å². The van der Waals surface area contributed by atoms with Crippen LogP contribution in [0.1, 0.15) is 30.0 Å². The summed E-state index contributed by atoms with van der Waals surface area (Å²) in [6.07, 6.45) is 3.77. The normalized spacial score (nSPS) is 16.5. The van der Waals surface area contributed by atoms with Gasteiger partial charge in [0.15, 0.2) is 0 Å². The minimum Gasteiger partial charge on any atom is -0.314 e. The summed E-state index contributed by atoms with van der Waals surface area (Å²) in [5.41, 5.74) is 1.96. The molecule has 1 heterocycles. The maximum Gasteiger partial charge on any atom is 0.128 e. The lowest BCUT2D eigenvalue weighted by atomic mass is 9.97. The van der Waals surface area contributed by atoms with Gasteiger partial charge in [-0.2, -0.15) is 0 Å². The van der Waals surface area contributed by atoms with Gasteiger partial charge in [0.1, 0.15) is 5.82 Å². The molecule has 120 valence electrons. The highest BCUT2D eigenvalue weighted by atomic mass is 35.5. The monoisotopic (exact) mass is 334 g/mol. The van der Waals surface area contributed by atoms with Gasteiger partial charge >= 0.3 is 0 Å². The molecule has 0 aromatic heterocycles. The van der Waals surface area contributed by atoms with Gasteiger partial charge in [0.25, 0.3) is 0 Å². The first-order chi connectivity index (χ1) is 9.22. The van der Waals surface area contributed by atoms with E-state index in [1.165, 1.54) is 0 Å². The minimum absolute atomic E-state index is 0. The van der Waals surface area contributed by atoms with E-state index in [1.807, 2.05) is 25.1 Å². The predicted octanol–water partition coefficient (Wildman–Crippen LogP) is 3.89. The lowest BCUT2D eigenvalue weighted by Gasteiger charge is -2.35. The zero-order chi connectivity index (χ0) is 13.7. The van der Waals surface area contributed by atoms with Crippen molar-refractivity contribution in [3.63, 3.8) is 0 Å². The predicted molar refractivity (Wildman–Crippen MR) is 92.2 cm³/mol. The van der Waals surface area contributed by atoms with Crippen LogP contribution in [0, 0.1) is 12.7 Å². The molecule has 1 aromatic carbocycles. The molecule has 0 saturated carbocycles. The smallest absolute Gasteiger partial charge is 0.128 e. The Morgan fingerprint density at radius 1 is 1.33 bits per heavy atom. The molecular formula is C16H25Cl2FN2. The van der Waals surface area contributed by atoms with Crippen LogP contribution in [0.4, 0.5) is 4.39 Å². The average molecular weight is 335 g/mol. The van der Waals surface area contributed by atoms with Crippen molar-refractivity contribution in [3.8, 4) is 0 Å². The van der Waals surface area contributed by atoms with Crippen LogP contribution in [0.15, 0.2) is 30.9 Å². The molecule has 1 N–H and O–H groups in total. The van der Waals surface area contributed by atoms with Gasteiger partial charge < -0.3 is 5.32 Å². The maximum absolute atomic E-state index is 14.1. The lowest BCUT2D eigenvalue weighted by molar-refractivity contribution is 0.163. The van der Waals surface area contributed by atoms with E-state index >= 15 is 0 Å². The van der Waals surface area contributed by atoms with Gasteiger partial charge in [-0.15, -0.1) is 31.4 Å². The Bertz CT molecular complexity index is 434.